The van der Waals surface area contributed by atoms with Gasteiger partial charge in [-0.2, -0.15) is 0 Å². The summed E-state index contributed by atoms with van der Waals surface area (Å²) in [4.78, 5) is 43.8. The van der Waals surface area contributed by atoms with Crippen LogP contribution in [0.2, 0.25) is 0 Å². The summed E-state index contributed by atoms with van der Waals surface area (Å²) in [6.45, 7) is 8.42. The predicted molar refractivity (Wildman–Crippen MR) is 125 cm³/mol. The zero-order valence-electron chi connectivity index (χ0n) is 19.5. The van der Waals surface area contributed by atoms with Gasteiger partial charge in [0.1, 0.15) is 11.6 Å². The summed E-state index contributed by atoms with van der Waals surface area (Å²) in [5.41, 5.74) is 5.85. The van der Waals surface area contributed by atoms with Gasteiger partial charge < -0.3 is 10.6 Å². The number of nitrogens with one attached hydrogen (secondary N) is 1. The SMILES string of the molecule is CCCCN(C(=O)CN(C)C(C)c1ccc(F)cc1)c1c(N)n(CC(C)C)c(=O)[nH]c1=O. The number of anilines is 2. The number of rotatable bonds is 10. The molecule has 0 aliphatic heterocycles. The minimum Gasteiger partial charge on any atom is -0.383 e. The van der Waals surface area contributed by atoms with E-state index in [0.29, 0.717) is 19.5 Å². The highest BCUT2D eigenvalue weighted by atomic mass is 19.1. The Bertz CT molecular complexity index is 1030. The number of amides is 1. The van der Waals surface area contributed by atoms with Crippen LogP contribution in [0.4, 0.5) is 15.9 Å². The number of nitrogen functional groups attached to an aromatic ring is 1. The van der Waals surface area contributed by atoms with Crippen LogP contribution in [0.15, 0.2) is 33.9 Å². The number of carbonyl (C=O) groups excluding carboxylic acids is 1. The minimum absolute atomic E-state index is 0.00605. The topological polar surface area (TPSA) is 104 Å². The van der Waals surface area contributed by atoms with Crippen molar-refractivity contribution in [2.24, 2.45) is 5.92 Å². The molecular formula is C23H34FN5O3. The fourth-order valence-corrected chi connectivity index (χ4v) is 3.49. The van der Waals surface area contributed by atoms with Crippen molar-refractivity contribution in [2.75, 3.05) is 30.8 Å². The van der Waals surface area contributed by atoms with Crippen LogP contribution in [-0.2, 0) is 11.3 Å². The van der Waals surface area contributed by atoms with Crippen LogP contribution in [0.1, 0.15) is 52.1 Å². The molecule has 2 rings (SSSR count). The van der Waals surface area contributed by atoms with E-state index in [2.05, 4.69) is 4.98 Å². The Kier molecular flexibility index (Phi) is 8.77. The van der Waals surface area contributed by atoms with E-state index in [4.69, 9.17) is 5.73 Å². The number of hydrogen-bond acceptors (Lipinski definition) is 5. The molecule has 0 saturated heterocycles. The van der Waals surface area contributed by atoms with E-state index in [1.807, 2.05) is 32.6 Å². The fraction of sp³-hybridized carbons (Fsp3) is 0.522. The van der Waals surface area contributed by atoms with Crippen molar-refractivity contribution in [2.45, 2.75) is 53.1 Å². The second-order valence-corrected chi connectivity index (χ2v) is 8.54. The molecule has 0 saturated carbocycles. The zero-order valence-corrected chi connectivity index (χ0v) is 19.5. The van der Waals surface area contributed by atoms with Crippen LogP contribution in [0.5, 0.6) is 0 Å². The molecule has 1 amide bonds. The zero-order chi connectivity index (χ0) is 24.0. The molecule has 2 aromatic rings. The molecule has 176 valence electrons. The monoisotopic (exact) mass is 447 g/mol. The standard InChI is InChI=1S/C23H34FN5O3/c1-6-7-12-28(20-21(25)29(13-15(2)3)23(32)26-22(20)31)19(30)14-27(5)16(4)17-8-10-18(24)11-9-17/h8-11,15-16H,6-7,12-14,25H2,1-5H3,(H,26,31,32). The number of aromatic nitrogens is 2. The number of H-pyrrole nitrogens is 1. The smallest absolute Gasteiger partial charge is 0.330 e. The Balaban J connectivity index is 2.37. The molecule has 0 bridgehead atoms. The summed E-state index contributed by atoms with van der Waals surface area (Å²) in [6.07, 6.45) is 1.49. The molecule has 0 radical (unpaired) electrons. The van der Waals surface area contributed by atoms with Crippen molar-refractivity contribution < 1.29 is 9.18 Å². The lowest BCUT2D eigenvalue weighted by Crippen LogP contribution is -2.45. The third-order valence-corrected chi connectivity index (χ3v) is 5.47. The molecule has 1 unspecified atom stereocenters. The summed E-state index contributed by atoms with van der Waals surface area (Å²) in [5.74, 6) is -0.513. The van der Waals surface area contributed by atoms with Crippen molar-refractivity contribution in [3.8, 4) is 0 Å². The highest BCUT2D eigenvalue weighted by Crippen LogP contribution is 2.22. The van der Waals surface area contributed by atoms with Crippen molar-refractivity contribution in [3.63, 3.8) is 0 Å². The summed E-state index contributed by atoms with van der Waals surface area (Å²) in [6, 6.07) is 5.97. The number of nitrogens with two attached hydrogens (primary N) is 1. The number of benzene rings is 1. The lowest BCUT2D eigenvalue weighted by molar-refractivity contribution is -0.119. The summed E-state index contributed by atoms with van der Waals surface area (Å²) < 4.78 is 14.5. The van der Waals surface area contributed by atoms with Gasteiger partial charge in [-0.05, 0) is 44.0 Å². The number of unbranched alkanes of at least 4 members (excludes halogenated alkanes) is 1. The van der Waals surface area contributed by atoms with Crippen molar-refractivity contribution in [1.82, 2.24) is 14.5 Å². The van der Waals surface area contributed by atoms with E-state index in [1.165, 1.54) is 21.6 Å². The largest absolute Gasteiger partial charge is 0.383 e. The molecule has 1 aromatic heterocycles. The average Bonchev–Trinajstić information content (AvgIpc) is 2.73. The molecule has 0 fully saturated rings. The number of likely N-dealkylation sites (N-methyl/N-ethyl adjacent to an activating group) is 1. The maximum atomic E-state index is 13.3. The second-order valence-electron chi connectivity index (χ2n) is 8.54. The van der Waals surface area contributed by atoms with Gasteiger partial charge in [-0.1, -0.05) is 39.3 Å². The summed E-state index contributed by atoms with van der Waals surface area (Å²) >= 11 is 0. The molecule has 1 heterocycles. The van der Waals surface area contributed by atoms with Gasteiger partial charge in [-0.15, -0.1) is 0 Å². The van der Waals surface area contributed by atoms with Crippen LogP contribution in [-0.4, -0.2) is 40.5 Å². The number of aromatic amines is 1. The highest BCUT2D eigenvalue weighted by molar-refractivity contribution is 5.96. The first-order valence-electron chi connectivity index (χ1n) is 10.9. The number of nitrogens with zero attached hydrogens (tertiary/aromatic N) is 3. The lowest BCUT2D eigenvalue weighted by atomic mass is 10.1. The number of carbonyl (C=O) groups is 1. The van der Waals surface area contributed by atoms with Gasteiger partial charge in [0, 0.05) is 19.1 Å². The van der Waals surface area contributed by atoms with Gasteiger partial charge in [0.15, 0.2) is 5.69 Å². The molecule has 1 atom stereocenters. The molecule has 1 aromatic carbocycles. The minimum atomic E-state index is -0.675. The van der Waals surface area contributed by atoms with Gasteiger partial charge in [0.05, 0.1) is 6.54 Å². The van der Waals surface area contributed by atoms with E-state index in [-0.39, 0.29) is 41.7 Å². The van der Waals surface area contributed by atoms with Crippen LogP contribution in [0, 0.1) is 11.7 Å². The Hall–Kier alpha value is -2.94. The van der Waals surface area contributed by atoms with Gasteiger partial charge in [-0.25, -0.2) is 9.18 Å². The maximum absolute atomic E-state index is 13.3. The van der Waals surface area contributed by atoms with Gasteiger partial charge in [-0.3, -0.25) is 24.0 Å². The van der Waals surface area contributed by atoms with Crippen LogP contribution in [0.25, 0.3) is 0 Å². The van der Waals surface area contributed by atoms with E-state index in [0.717, 1.165) is 12.0 Å². The van der Waals surface area contributed by atoms with Crippen LogP contribution < -0.4 is 21.9 Å². The first-order chi connectivity index (χ1) is 15.1. The van der Waals surface area contributed by atoms with Crippen LogP contribution in [0.3, 0.4) is 0 Å². The molecule has 32 heavy (non-hydrogen) atoms. The molecule has 0 aliphatic rings. The third kappa shape index (κ3) is 6.06. The predicted octanol–water partition coefficient (Wildman–Crippen LogP) is 2.74. The Morgan fingerprint density at radius 1 is 1.19 bits per heavy atom. The van der Waals surface area contributed by atoms with Gasteiger partial charge in [0.2, 0.25) is 5.91 Å². The summed E-state index contributed by atoms with van der Waals surface area (Å²) in [7, 11) is 1.79. The number of halogens is 1. The van der Waals surface area contributed by atoms with E-state index >= 15 is 0 Å². The molecule has 0 spiro atoms. The quantitative estimate of drug-likeness (QED) is 0.583. The van der Waals surface area contributed by atoms with Gasteiger partial charge in [0.25, 0.3) is 5.56 Å². The van der Waals surface area contributed by atoms with Crippen molar-refractivity contribution in [3.05, 3.63) is 56.5 Å². The molecule has 3 N–H and O–H groups in total. The first-order valence-corrected chi connectivity index (χ1v) is 10.9. The van der Waals surface area contributed by atoms with Crippen molar-refractivity contribution in [1.29, 1.82) is 0 Å². The molecule has 0 aliphatic carbocycles. The fourth-order valence-electron chi connectivity index (χ4n) is 3.49. The third-order valence-electron chi connectivity index (χ3n) is 5.47. The van der Waals surface area contributed by atoms with E-state index in [9.17, 15) is 18.8 Å². The normalized spacial score (nSPS) is 12.4. The Labute approximate surface area is 187 Å². The van der Waals surface area contributed by atoms with Crippen molar-refractivity contribution >= 4 is 17.4 Å². The average molecular weight is 448 g/mol. The molecule has 8 nitrogen and oxygen atoms in total. The lowest BCUT2D eigenvalue weighted by Gasteiger charge is -2.29. The van der Waals surface area contributed by atoms with Gasteiger partial charge >= 0.3 is 5.69 Å². The second kappa shape index (κ2) is 11.1. The summed E-state index contributed by atoms with van der Waals surface area (Å²) in [5, 5.41) is 0. The molecule has 9 heteroatoms. The van der Waals surface area contributed by atoms with E-state index in [1.54, 1.807) is 19.2 Å². The number of hydrogen-bond donors (Lipinski definition) is 2. The maximum Gasteiger partial charge on any atom is 0.330 e. The van der Waals surface area contributed by atoms with Crippen LogP contribution >= 0.6 is 0 Å². The Morgan fingerprint density at radius 3 is 2.38 bits per heavy atom. The Morgan fingerprint density at radius 2 is 1.81 bits per heavy atom. The molecular weight excluding hydrogens is 413 g/mol. The highest BCUT2D eigenvalue weighted by Gasteiger charge is 2.26. The first kappa shape index (κ1) is 25.3. The van der Waals surface area contributed by atoms with E-state index < -0.39 is 11.2 Å².